The van der Waals surface area contributed by atoms with Crippen LogP contribution < -0.4 is 77.8 Å². The van der Waals surface area contributed by atoms with Crippen molar-refractivity contribution in [2.24, 2.45) is 0 Å². The molecule has 12 bridgehead atoms. The summed E-state index contributed by atoms with van der Waals surface area (Å²) in [6.45, 7) is 25.4. The van der Waals surface area contributed by atoms with Crippen molar-refractivity contribution in [3.63, 3.8) is 0 Å². The largest absolute Gasteiger partial charge is 0.515 e. The van der Waals surface area contributed by atoms with E-state index in [0.717, 1.165) is 0 Å². The predicted octanol–water partition coefficient (Wildman–Crippen LogP) is 8.75. The molecule has 15 aromatic carbocycles. The van der Waals surface area contributed by atoms with Gasteiger partial charge >= 0.3 is 149 Å². The maximum atomic E-state index is 8.40. The number of rotatable bonds is 23. The van der Waals surface area contributed by atoms with Crippen molar-refractivity contribution in [3.8, 4) is 0 Å². The van der Waals surface area contributed by atoms with Gasteiger partial charge in [0, 0.05) is 77.8 Å². The summed E-state index contributed by atoms with van der Waals surface area (Å²) in [6.07, 6.45) is 0. The van der Waals surface area contributed by atoms with Gasteiger partial charge in [0.15, 0.2) is 27.1 Å². The number of hydrogen-bond acceptors (Lipinski definition) is 26. The Kier molecular flexibility index (Phi) is 29.0. The summed E-state index contributed by atoms with van der Waals surface area (Å²) in [6, 6.07) is 145. The SMILES string of the molecule is C=C[Si]1(C)O[Si]2(c3ccccc3)O[Si]3(c4ccccc4)O[Si]4(c5ccccc5)O[Si](C)(C=C)O[Si]5(c6ccccc6)O[Si](c6ccccc6)(O[Si](c6ccccc6)(O1)O[Si](c1ccccc1)(O5)O[Si](c1ccccc1)(O2)O4)O3.C[SiH](C)O[Si]1(c2ccccc2)O[Si]2(c3ccccc3)O[Si](O[SiH](C)C)(c3ccccc3)O[Si]3(c4ccccc4)O[Si](O[SiH](C)C)(c4ccccc4)O[Si](c4ccccc4)(O1)O[Si](c1ccccc1)(O2)O3. The molecule has 0 aromatic heterocycles. The Labute approximate surface area is 885 Å². The summed E-state index contributed by atoms with van der Waals surface area (Å²) in [5.74, 6) is 0. The van der Waals surface area contributed by atoms with Gasteiger partial charge in [0.25, 0.3) is 0 Å². The average Bonchev–Trinajstić information content (AvgIpc) is 0.673. The second-order valence-electron chi connectivity index (χ2n) is 37.1. The monoisotopic (exact) mass is 2310 g/mol. The van der Waals surface area contributed by atoms with Crippen molar-refractivity contribution in [2.45, 2.75) is 52.4 Å². The molecule has 0 radical (unpaired) electrons. The van der Waals surface area contributed by atoms with E-state index < -0.39 is 176 Å². The zero-order valence-electron chi connectivity index (χ0n) is 82.2. The number of benzene rings is 15. The summed E-state index contributed by atoms with van der Waals surface area (Å²) in [5, 5.41) is 8.38. The second kappa shape index (κ2) is 41.5. The Morgan fingerprint density at radius 1 is 0.149 bits per heavy atom. The van der Waals surface area contributed by atoms with E-state index in [0.29, 0.717) is 77.8 Å². The lowest BCUT2D eigenvalue weighted by molar-refractivity contribution is 0.0253. The van der Waals surface area contributed by atoms with Crippen molar-refractivity contribution >= 4 is 254 Å². The summed E-state index contributed by atoms with van der Waals surface area (Å²) in [7, 11) is -87.8. The van der Waals surface area contributed by atoms with Crippen LogP contribution in [-0.2, 0) is 107 Å². The molecule has 9 saturated heterocycles. The molecule has 9 aliphatic rings. The van der Waals surface area contributed by atoms with E-state index in [1.165, 1.54) is 0 Å². The van der Waals surface area contributed by atoms with Gasteiger partial charge in [-0.2, -0.15) is 0 Å². The van der Waals surface area contributed by atoms with Crippen LogP contribution in [0.15, 0.2) is 480 Å². The van der Waals surface area contributed by atoms with Crippen LogP contribution in [0.4, 0.5) is 0 Å². The molecule has 0 N–H and O–H groups in total. The van der Waals surface area contributed by atoms with Crippen molar-refractivity contribution in [2.75, 3.05) is 0 Å². The lowest BCUT2D eigenvalue weighted by atomic mass is 10.4. The van der Waals surface area contributed by atoms with Crippen LogP contribution in [0.25, 0.3) is 0 Å². The van der Waals surface area contributed by atoms with Crippen molar-refractivity contribution in [1.29, 1.82) is 0 Å². The molecule has 24 rings (SSSR count). The zero-order valence-corrected chi connectivity index (χ0v) is 103. The second-order valence-corrected chi connectivity index (χ2v) is 95.2. The molecule has 15 aromatic rings. The first-order valence-corrected chi connectivity index (χ1v) is 88.0. The quantitative estimate of drug-likeness (QED) is 0.0544. The summed E-state index contributed by atoms with van der Waals surface area (Å²) >= 11 is 0. The van der Waals surface area contributed by atoms with Crippen LogP contribution in [0.2, 0.25) is 52.4 Å². The first-order chi connectivity index (χ1) is 71.7. The van der Waals surface area contributed by atoms with Crippen LogP contribution in [0.5, 0.6) is 0 Å². The smallest absolute Gasteiger partial charge is 0.416 e. The molecule has 0 unspecified atom stereocenters. The van der Waals surface area contributed by atoms with Gasteiger partial charge in [0.2, 0.25) is 0 Å². The summed E-state index contributed by atoms with van der Waals surface area (Å²) < 4.78 is 212. The number of fused-ring (bicyclic) bond motifs is 7. The van der Waals surface area contributed by atoms with E-state index >= 15 is 0 Å². The minimum Gasteiger partial charge on any atom is -0.416 e. The van der Waals surface area contributed by atoms with Crippen LogP contribution in [-0.4, -0.2) is 176 Å². The predicted molar refractivity (Wildman–Crippen MR) is 606 cm³/mol. The van der Waals surface area contributed by atoms with E-state index in [9.17, 15) is 0 Å². The maximum absolute atomic E-state index is 8.40. The third-order valence-electron chi connectivity index (χ3n) is 25.3. The van der Waals surface area contributed by atoms with Gasteiger partial charge in [0.1, 0.15) is 0 Å². The summed E-state index contributed by atoms with van der Waals surface area (Å²) in [5.41, 5.74) is 3.40. The molecule has 9 fully saturated rings. The molecule has 0 aliphatic carbocycles. The molecule has 752 valence electrons. The van der Waals surface area contributed by atoms with Crippen molar-refractivity contribution in [1.82, 2.24) is 0 Å². The summed E-state index contributed by atoms with van der Waals surface area (Å²) in [4.78, 5) is 0. The lowest BCUT2D eigenvalue weighted by Crippen LogP contribution is -2.93. The van der Waals surface area contributed by atoms with E-state index in [2.05, 4.69) is 52.4 Å². The Morgan fingerprint density at radius 2 is 0.243 bits per heavy atom. The molecular weight excluding hydrogens is 2200 g/mol. The minimum absolute atomic E-state index is 0.481. The molecule has 9 aliphatic heterocycles. The van der Waals surface area contributed by atoms with Gasteiger partial charge in [-0.1, -0.05) is 466 Å². The van der Waals surface area contributed by atoms with Crippen LogP contribution in [0.1, 0.15) is 0 Å². The molecule has 26 nitrogen and oxygen atoms in total. The van der Waals surface area contributed by atoms with Gasteiger partial charge in [-0.15, -0.1) is 13.2 Å². The first kappa shape index (κ1) is 103. The van der Waals surface area contributed by atoms with Gasteiger partial charge in [-0.05, 0) is 52.4 Å². The van der Waals surface area contributed by atoms with Gasteiger partial charge < -0.3 is 107 Å². The fourth-order valence-electron chi connectivity index (χ4n) is 18.8. The van der Waals surface area contributed by atoms with Crippen LogP contribution in [0.3, 0.4) is 0 Å². The molecule has 0 atom stereocenters. The fraction of sp³-hybridized carbons (Fsp3) is 0.0784. The van der Waals surface area contributed by atoms with Crippen LogP contribution >= 0.6 is 0 Å². The molecule has 46 heteroatoms. The van der Waals surface area contributed by atoms with Gasteiger partial charge in [-0.25, -0.2) is 0 Å². The fourth-order valence-corrected chi connectivity index (χ4v) is 119. The topological polar surface area (TPSA) is 240 Å². The number of hydrogen-bond donors (Lipinski definition) is 0. The maximum Gasteiger partial charge on any atom is 0.515 e. The first-order valence-electron chi connectivity index (χ1n) is 49.0. The van der Waals surface area contributed by atoms with Crippen molar-refractivity contribution < 1.29 is 107 Å². The van der Waals surface area contributed by atoms with Crippen LogP contribution in [0, 0.1) is 0 Å². The van der Waals surface area contributed by atoms with Gasteiger partial charge in [0.05, 0.1) is 0 Å². The lowest BCUT2D eigenvalue weighted by Gasteiger charge is -2.60. The Balaban J connectivity index is 0.000000169. The molecular formula is C102H108O26Si20. The zero-order chi connectivity index (χ0) is 102. The highest BCUT2D eigenvalue weighted by molar-refractivity contribution is 7.15. The standard InChI is InChI=1S/C54H52O14Si10.C48H56O12Si10/c1-5-69(3)55-71(47-31-15-7-16-32-47)59-75(51-39-23-11-24-40-51)63-73(49-35-19-9-20-36-49)57-70(4,6-2)58-74(50-37-21-10-22-38-50)65-77(67-75,53-43-27-13-28-44-53)61-72(56-69,48-33-17-8-18-34-48)62-78(66-74,54-45-29-14-30-46-54)68-76(60-71,64-73)52-41-25-12-26-42-52;1-61(2)49-64(42-28-14-7-15-29-42)52-67(45-34-20-10-21-35-45)54-65(50-62(3)4,43-30-16-8-17-31-43)56-69(47-38-24-12-25-39-47)57-66(51-63(5)6,44-32-18-9-19-33-44)55-68(53-64,46-36-22-11-23-37-46)59-70(58-67,60-69)48-40-26-13-27-41-48/h5-46H,1-2H2,3-4H3;7-41,61-63H,1-6H3. The molecule has 9 heterocycles. The van der Waals surface area contributed by atoms with E-state index in [1.54, 1.807) is 11.4 Å². The molecule has 0 amide bonds. The third-order valence-corrected chi connectivity index (χ3v) is 103. The highest BCUT2D eigenvalue weighted by Gasteiger charge is 2.86. The Morgan fingerprint density at radius 3 is 0.345 bits per heavy atom. The highest BCUT2D eigenvalue weighted by atomic mass is 28.6. The Bertz CT molecular complexity index is 6350. The average molecular weight is 2310 g/mol. The molecule has 0 saturated carbocycles. The molecule has 0 spiro atoms. The van der Waals surface area contributed by atoms with E-state index in [-0.39, 0.29) is 0 Å². The highest BCUT2D eigenvalue weighted by Crippen LogP contribution is 2.50. The van der Waals surface area contributed by atoms with Crippen molar-refractivity contribution in [3.05, 3.63) is 480 Å². The Hall–Kier alpha value is -8.92. The normalized spacial score (nSPS) is 32.8. The third kappa shape index (κ3) is 19.6. The minimum atomic E-state index is -5.13. The van der Waals surface area contributed by atoms with Gasteiger partial charge in [-0.3, -0.25) is 0 Å². The van der Waals surface area contributed by atoms with E-state index in [1.807, 2.05) is 468 Å². The van der Waals surface area contributed by atoms with E-state index in [4.69, 9.17) is 107 Å². The molecule has 148 heavy (non-hydrogen) atoms.